The zero-order valence-electron chi connectivity index (χ0n) is 8.92. The van der Waals surface area contributed by atoms with Gasteiger partial charge in [0.05, 0.1) is 0 Å². The van der Waals surface area contributed by atoms with Gasteiger partial charge in [-0.3, -0.25) is 0 Å². The fourth-order valence-electron chi connectivity index (χ4n) is 0.488. The quantitative estimate of drug-likeness (QED) is 0.599. The van der Waals surface area contributed by atoms with Crippen LogP contribution in [0.5, 0.6) is 0 Å². The van der Waals surface area contributed by atoms with Crippen molar-refractivity contribution in [3.63, 3.8) is 0 Å². The molecule has 0 saturated carbocycles. The first-order valence-corrected chi connectivity index (χ1v) is 4.41. The van der Waals surface area contributed by atoms with Crippen molar-refractivity contribution in [3.8, 4) is 0 Å². The van der Waals surface area contributed by atoms with E-state index >= 15 is 0 Å². The van der Waals surface area contributed by atoms with Crippen LogP contribution in [0.25, 0.3) is 0 Å². The SMILES string of the molecule is CC.CC.Cc1ncnc(C)n1. The van der Waals surface area contributed by atoms with Crippen molar-refractivity contribution in [1.82, 2.24) is 15.0 Å². The Kier molecular flexibility index (Phi) is 11.3. The van der Waals surface area contributed by atoms with E-state index < -0.39 is 0 Å². The van der Waals surface area contributed by atoms with Gasteiger partial charge in [-0.1, -0.05) is 27.7 Å². The summed E-state index contributed by atoms with van der Waals surface area (Å²) in [6, 6.07) is 0. The molecule has 1 rings (SSSR count). The number of rotatable bonds is 0. The summed E-state index contributed by atoms with van der Waals surface area (Å²) in [7, 11) is 0. The van der Waals surface area contributed by atoms with Crippen LogP contribution in [-0.4, -0.2) is 15.0 Å². The second kappa shape index (κ2) is 10.0. The minimum Gasteiger partial charge on any atom is -0.222 e. The summed E-state index contributed by atoms with van der Waals surface area (Å²) in [5, 5.41) is 0. The fraction of sp³-hybridized carbons (Fsp3) is 0.667. The molecule has 1 aromatic rings. The van der Waals surface area contributed by atoms with Crippen molar-refractivity contribution >= 4 is 0 Å². The smallest absolute Gasteiger partial charge is 0.129 e. The minimum atomic E-state index is 0.775. The number of nitrogens with zero attached hydrogens (tertiary/aromatic N) is 3. The molecule has 1 heterocycles. The van der Waals surface area contributed by atoms with Gasteiger partial charge in [-0.05, 0) is 13.8 Å². The Labute approximate surface area is 75.3 Å². The summed E-state index contributed by atoms with van der Waals surface area (Å²) in [5.74, 6) is 1.55. The normalized spacial score (nSPS) is 7.17. The van der Waals surface area contributed by atoms with E-state index in [0.717, 1.165) is 11.6 Å². The van der Waals surface area contributed by atoms with E-state index in [4.69, 9.17) is 0 Å². The fourth-order valence-corrected chi connectivity index (χ4v) is 0.488. The van der Waals surface area contributed by atoms with Crippen LogP contribution in [0.15, 0.2) is 6.33 Å². The first kappa shape index (κ1) is 13.6. The van der Waals surface area contributed by atoms with Crippen LogP contribution < -0.4 is 0 Å². The van der Waals surface area contributed by atoms with E-state index in [1.807, 2.05) is 41.5 Å². The van der Waals surface area contributed by atoms with Crippen molar-refractivity contribution in [2.45, 2.75) is 41.5 Å². The van der Waals surface area contributed by atoms with E-state index in [1.54, 1.807) is 0 Å². The van der Waals surface area contributed by atoms with Crippen LogP contribution in [0.4, 0.5) is 0 Å². The molecule has 0 aromatic carbocycles. The van der Waals surface area contributed by atoms with Crippen LogP contribution in [0.2, 0.25) is 0 Å². The largest absolute Gasteiger partial charge is 0.222 e. The molecule has 3 nitrogen and oxygen atoms in total. The zero-order chi connectivity index (χ0) is 9.98. The first-order chi connectivity index (χ1) is 5.79. The lowest BCUT2D eigenvalue weighted by atomic mass is 10.6. The van der Waals surface area contributed by atoms with Gasteiger partial charge in [-0.25, -0.2) is 15.0 Å². The lowest BCUT2D eigenvalue weighted by molar-refractivity contribution is 0.920. The second-order valence-corrected chi connectivity index (χ2v) is 1.58. The van der Waals surface area contributed by atoms with Gasteiger partial charge in [0.15, 0.2) is 0 Å². The van der Waals surface area contributed by atoms with Crippen molar-refractivity contribution in [3.05, 3.63) is 18.0 Å². The first-order valence-electron chi connectivity index (χ1n) is 4.41. The monoisotopic (exact) mass is 169 g/mol. The Balaban J connectivity index is 0. The molecular formula is C9H19N3. The number of aromatic nitrogens is 3. The highest BCUT2D eigenvalue weighted by Crippen LogP contribution is 1.83. The maximum absolute atomic E-state index is 3.95. The number of hydrogen-bond acceptors (Lipinski definition) is 3. The Hall–Kier alpha value is -0.990. The predicted molar refractivity (Wildman–Crippen MR) is 52.0 cm³/mol. The Morgan fingerprint density at radius 3 is 1.33 bits per heavy atom. The molecule has 0 aliphatic rings. The summed E-state index contributed by atoms with van der Waals surface area (Å²) in [6.45, 7) is 11.7. The molecule has 0 saturated heterocycles. The van der Waals surface area contributed by atoms with Crippen LogP contribution in [0, 0.1) is 13.8 Å². The Morgan fingerprint density at radius 1 is 0.833 bits per heavy atom. The minimum absolute atomic E-state index is 0.775. The number of aryl methyl sites for hydroxylation is 2. The summed E-state index contributed by atoms with van der Waals surface area (Å²) >= 11 is 0. The van der Waals surface area contributed by atoms with Crippen molar-refractivity contribution < 1.29 is 0 Å². The molecule has 1 aromatic heterocycles. The number of hydrogen-bond donors (Lipinski definition) is 0. The molecule has 0 unspecified atom stereocenters. The maximum atomic E-state index is 3.95. The maximum Gasteiger partial charge on any atom is 0.129 e. The third kappa shape index (κ3) is 7.12. The molecule has 70 valence electrons. The predicted octanol–water partition coefficient (Wildman–Crippen LogP) is 2.54. The second-order valence-electron chi connectivity index (χ2n) is 1.58. The summed E-state index contributed by atoms with van der Waals surface area (Å²) in [4.78, 5) is 11.6. The Bertz CT molecular complexity index is 170. The van der Waals surface area contributed by atoms with E-state index in [0.29, 0.717) is 0 Å². The highest BCUT2D eigenvalue weighted by atomic mass is 15.0. The van der Waals surface area contributed by atoms with E-state index in [2.05, 4.69) is 15.0 Å². The van der Waals surface area contributed by atoms with Crippen molar-refractivity contribution in [2.24, 2.45) is 0 Å². The van der Waals surface area contributed by atoms with Gasteiger partial charge in [0.1, 0.15) is 18.0 Å². The molecule has 0 atom stereocenters. The molecule has 0 N–H and O–H groups in total. The molecule has 0 radical (unpaired) electrons. The standard InChI is InChI=1S/C5H7N3.2C2H6/c1-4-6-3-7-5(2)8-4;2*1-2/h3H,1-2H3;2*1-2H3. The highest BCUT2D eigenvalue weighted by Gasteiger charge is 1.84. The molecule has 0 spiro atoms. The van der Waals surface area contributed by atoms with Gasteiger partial charge in [-0.15, -0.1) is 0 Å². The van der Waals surface area contributed by atoms with Gasteiger partial charge in [0.2, 0.25) is 0 Å². The zero-order valence-corrected chi connectivity index (χ0v) is 8.92. The lowest BCUT2D eigenvalue weighted by Crippen LogP contribution is -1.91. The summed E-state index contributed by atoms with van der Waals surface area (Å²) < 4.78 is 0. The molecule has 0 fully saturated rings. The molecular weight excluding hydrogens is 150 g/mol. The van der Waals surface area contributed by atoms with Crippen LogP contribution in [0.3, 0.4) is 0 Å². The highest BCUT2D eigenvalue weighted by molar-refractivity contribution is 4.83. The average molecular weight is 169 g/mol. The van der Waals surface area contributed by atoms with Gasteiger partial charge < -0.3 is 0 Å². The van der Waals surface area contributed by atoms with Gasteiger partial charge in [0, 0.05) is 0 Å². The topological polar surface area (TPSA) is 38.7 Å². The molecule has 0 amide bonds. The van der Waals surface area contributed by atoms with Crippen molar-refractivity contribution in [2.75, 3.05) is 0 Å². The lowest BCUT2D eigenvalue weighted by Gasteiger charge is -1.88. The van der Waals surface area contributed by atoms with Crippen LogP contribution in [0.1, 0.15) is 39.3 Å². The van der Waals surface area contributed by atoms with Gasteiger partial charge >= 0.3 is 0 Å². The van der Waals surface area contributed by atoms with E-state index in [9.17, 15) is 0 Å². The third-order valence-corrected chi connectivity index (χ3v) is 0.813. The molecule has 3 heteroatoms. The molecule has 0 aliphatic carbocycles. The van der Waals surface area contributed by atoms with Crippen molar-refractivity contribution in [1.29, 1.82) is 0 Å². The third-order valence-electron chi connectivity index (χ3n) is 0.813. The van der Waals surface area contributed by atoms with Gasteiger partial charge in [0.25, 0.3) is 0 Å². The molecule has 0 bridgehead atoms. The van der Waals surface area contributed by atoms with E-state index in [-0.39, 0.29) is 0 Å². The summed E-state index contributed by atoms with van der Waals surface area (Å²) in [6.07, 6.45) is 1.51. The molecule has 12 heavy (non-hydrogen) atoms. The Morgan fingerprint density at radius 2 is 1.17 bits per heavy atom. The molecule has 0 aliphatic heterocycles. The van der Waals surface area contributed by atoms with Crippen LogP contribution >= 0.6 is 0 Å². The van der Waals surface area contributed by atoms with Crippen LogP contribution in [-0.2, 0) is 0 Å². The van der Waals surface area contributed by atoms with E-state index in [1.165, 1.54) is 6.33 Å². The average Bonchev–Trinajstić information content (AvgIpc) is 2.11. The summed E-state index contributed by atoms with van der Waals surface area (Å²) in [5.41, 5.74) is 0. The van der Waals surface area contributed by atoms with Gasteiger partial charge in [-0.2, -0.15) is 0 Å².